The zero-order valence-corrected chi connectivity index (χ0v) is 8.97. The zero-order valence-electron chi connectivity index (χ0n) is 8.97. The molecule has 0 bridgehead atoms. The molecule has 1 heterocycles. The Morgan fingerprint density at radius 2 is 2.06 bits per heavy atom. The van der Waals surface area contributed by atoms with Gasteiger partial charge >= 0.3 is 7.12 Å². The Morgan fingerprint density at radius 1 is 1.25 bits per heavy atom. The van der Waals surface area contributed by atoms with E-state index in [1.54, 1.807) is 23.1 Å². The molecule has 1 saturated heterocycles. The topological polar surface area (TPSA) is 60.8 Å². The number of piperidine rings is 1. The lowest BCUT2D eigenvalue weighted by Gasteiger charge is -2.27. The minimum atomic E-state index is -1.49. The summed E-state index contributed by atoms with van der Waals surface area (Å²) in [6.07, 6.45) is 2.52. The molecule has 0 radical (unpaired) electrons. The fraction of sp³-hybridized carbons (Fsp3) is 0.364. The third kappa shape index (κ3) is 2.26. The standard InChI is InChI=1S/C11H14BNO3/c14-11-6-1-2-7-13(11)10-5-3-4-9(8-10)12(15)16/h3-5,8,15-16H,1-2,6-7H2. The van der Waals surface area contributed by atoms with Gasteiger partial charge in [-0.15, -0.1) is 0 Å². The van der Waals surface area contributed by atoms with Crippen LogP contribution in [0.2, 0.25) is 0 Å². The van der Waals surface area contributed by atoms with Gasteiger partial charge in [-0.2, -0.15) is 0 Å². The lowest BCUT2D eigenvalue weighted by molar-refractivity contribution is -0.119. The first-order valence-electron chi connectivity index (χ1n) is 5.45. The molecule has 84 valence electrons. The van der Waals surface area contributed by atoms with Crippen molar-refractivity contribution in [1.82, 2.24) is 0 Å². The fourth-order valence-electron chi connectivity index (χ4n) is 1.93. The highest BCUT2D eigenvalue weighted by molar-refractivity contribution is 6.58. The smallest absolute Gasteiger partial charge is 0.423 e. The van der Waals surface area contributed by atoms with Crippen LogP contribution in [-0.4, -0.2) is 29.6 Å². The van der Waals surface area contributed by atoms with E-state index in [4.69, 9.17) is 10.0 Å². The fourth-order valence-corrected chi connectivity index (χ4v) is 1.93. The number of carbonyl (C=O) groups excluding carboxylic acids is 1. The van der Waals surface area contributed by atoms with Crippen molar-refractivity contribution in [3.05, 3.63) is 24.3 Å². The van der Waals surface area contributed by atoms with Gasteiger partial charge in [0.1, 0.15) is 0 Å². The summed E-state index contributed by atoms with van der Waals surface area (Å²) >= 11 is 0. The summed E-state index contributed by atoms with van der Waals surface area (Å²) < 4.78 is 0. The van der Waals surface area contributed by atoms with Crippen LogP contribution in [0.25, 0.3) is 0 Å². The molecular formula is C11H14BNO3. The number of benzene rings is 1. The molecule has 16 heavy (non-hydrogen) atoms. The predicted molar refractivity (Wildman–Crippen MR) is 62.5 cm³/mol. The molecule has 1 aliphatic rings. The van der Waals surface area contributed by atoms with E-state index >= 15 is 0 Å². The molecule has 2 rings (SSSR count). The average Bonchev–Trinajstić information content (AvgIpc) is 2.30. The van der Waals surface area contributed by atoms with E-state index in [1.165, 1.54) is 0 Å². The molecule has 0 spiro atoms. The van der Waals surface area contributed by atoms with Gasteiger partial charge < -0.3 is 14.9 Å². The van der Waals surface area contributed by atoms with Crippen molar-refractivity contribution in [2.45, 2.75) is 19.3 Å². The Morgan fingerprint density at radius 3 is 2.75 bits per heavy atom. The molecule has 5 heteroatoms. The Balaban J connectivity index is 2.25. The molecular weight excluding hydrogens is 205 g/mol. The first kappa shape index (κ1) is 11.2. The molecule has 0 atom stereocenters. The van der Waals surface area contributed by atoms with Crippen molar-refractivity contribution in [3.63, 3.8) is 0 Å². The number of nitrogens with zero attached hydrogens (tertiary/aromatic N) is 1. The first-order chi connectivity index (χ1) is 7.68. The van der Waals surface area contributed by atoms with Crippen LogP contribution in [0.15, 0.2) is 24.3 Å². The van der Waals surface area contributed by atoms with Crippen molar-refractivity contribution >= 4 is 24.2 Å². The number of hydrogen-bond acceptors (Lipinski definition) is 3. The molecule has 2 N–H and O–H groups in total. The van der Waals surface area contributed by atoms with E-state index in [0.29, 0.717) is 18.4 Å². The number of anilines is 1. The third-order valence-electron chi connectivity index (χ3n) is 2.80. The van der Waals surface area contributed by atoms with Crippen LogP contribution in [-0.2, 0) is 4.79 Å². The number of rotatable bonds is 2. The molecule has 1 amide bonds. The van der Waals surface area contributed by atoms with Crippen LogP contribution in [0.3, 0.4) is 0 Å². The summed E-state index contributed by atoms with van der Waals surface area (Å²) in [5, 5.41) is 18.1. The lowest BCUT2D eigenvalue weighted by atomic mass is 9.80. The second-order valence-corrected chi connectivity index (χ2v) is 3.97. The molecule has 0 aliphatic carbocycles. The van der Waals surface area contributed by atoms with Crippen molar-refractivity contribution in [1.29, 1.82) is 0 Å². The highest BCUT2D eigenvalue weighted by Gasteiger charge is 2.20. The second kappa shape index (κ2) is 4.68. The minimum Gasteiger partial charge on any atom is -0.423 e. The summed E-state index contributed by atoms with van der Waals surface area (Å²) in [5.41, 5.74) is 1.16. The summed E-state index contributed by atoms with van der Waals surface area (Å²) in [6.45, 7) is 0.712. The lowest BCUT2D eigenvalue weighted by Crippen LogP contribution is -2.37. The van der Waals surface area contributed by atoms with Crippen molar-refractivity contribution in [3.8, 4) is 0 Å². The van der Waals surface area contributed by atoms with Gasteiger partial charge in [0, 0.05) is 18.7 Å². The molecule has 4 nitrogen and oxygen atoms in total. The highest BCUT2D eigenvalue weighted by atomic mass is 16.4. The molecule has 0 aromatic heterocycles. The zero-order chi connectivity index (χ0) is 11.5. The van der Waals surface area contributed by atoms with Crippen LogP contribution in [0, 0.1) is 0 Å². The van der Waals surface area contributed by atoms with E-state index in [2.05, 4.69) is 0 Å². The SMILES string of the molecule is O=C1CCCCN1c1cccc(B(O)O)c1. The third-order valence-corrected chi connectivity index (χ3v) is 2.80. The number of hydrogen-bond donors (Lipinski definition) is 2. The average molecular weight is 219 g/mol. The number of carbonyl (C=O) groups is 1. The minimum absolute atomic E-state index is 0.107. The van der Waals surface area contributed by atoms with Gasteiger partial charge in [-0.05, 0) is 30.4 Å². The maximum Gasteiger partial charge on any atom is 0.488 e. The second-order valence-electron chi connectivity index (χ2n) is 3.97. The van der Waals surface area contributed by atoms with E-state index in [9.17, 15) is 4.79 Å². The maximum absolute atomic E-state index is 11.7. The highest BCUT2D eigenvalue weighted by Crippen LogP contribution is 2.19. The Bertz CT molecular complexity index is 395. The molecule has 1 aliphatic heterocycles. The van der Waals surface area contributed by atoms with Crippen LogP contribution >= 0.6 is 0 Å². The van der Waals surface area contributed by atoms with E-state index in [1.807, 2.05) is 6.07 Å². The predicted octanol–water partition coefficient (Wildman–Crippen LogP) is -0.117. The van der Waals surface area contributed by atoms with Crippen molar-refractivity contribution in [2.24, 2.45) is 0 Å². The molecule has 1 aromatic rings. The van der Waals surface area contributed by atoms with Crippen molar-refractivity contribution < 1.29 is 14.8 Å². The molecule has 1 fully saturated rings. The Labute approximate surface area is 94.7 Å². The van der Waals surface area contributed by atoms with E-state index in [0.717, 1.165) is 18.5 Å². The van der Waals surface area contributed by atoms with Crippen LogP contribution in [0.5, 0.6) is 0 Å². The monoisotopic (exact) mass is 219 g/mol. The quantitative estimate of drug-likeness (QED) is 0.682. The molecule has 0 saturated carbocycles. The van der Waals surface area contributed by atoms with Gasteiger partial charge in [-0.3, -0.25) is 4.79 Å². The van der Waals surface area contributed by atoms with Crippen molar-refractivity contribution in [2.75, 3.05) is 11.4 Å². The summed E-state index contributed by atoms with van der Waals surface area (Å²) in [4.78, 5) is 13.4. The summed E-state index contributed by atoms with van der Waals surface area (Å²) in [7, 11) is -1.49. The summed E-state index contributed by atoms with van der Waals surface area (Å²) in [5.74, 6) is 0.107. The van der Waals surface area contributed by atoms with Gasteiger partial charge in [0.2, 0.25) is 5.91 Å². The van der Waals surface area contributed by atoms with Gasteiger partial charge in [0.25, 0.3) is 0 Å². The van der Waals surface area contributed by atoms with E-state index in [-0.39, 0.29) is 5.91 Å². The summed E-state index contributed by atoms with van der Waals surface area (Å²) in [6, 6.07) is 6.82. The molecule has 1 aromatic carbocycles. The first-order valence-corrected chi connectivity index (χ1v) is 5.45. The van der Waals surface area contributed by atoms with Gasteiger partial charge in [-0.25, -0.2) is 0 Å². The largest absolute Gasteiger partial charge is 0.488 e. The van der Waals surface area contributed by atoms with E-state index < -0.39 is 7.12 Å². The Hall–Kier alpha value is -1.33. The van der Waals surface area contributed by atoms with Gasteiger partial charge in [0.15, 0.2) is 0 Å². The number of amides is 1. The van der Waals surface area contributed by atoms with Gasteiger partial charge in [-0.1, -0.05) is 12.1 Å². The van der Waals surface area contributed by atoms with Crippen LogP contribution in [0.1, 0.15) is 19.3 Å². The van der Waals surface area contributed by atoms with Gasteiger partial charge in [0.05, 0.1) is 0 Å². The normalized spacial score (nSPS) is 16.4. The molecule has 0 unspecified atom stereocenters. The van der Waals surface area contributed by atoms with Crippen LogP contribution in [0.4, 0.5) is 5.69 Å². The Kier molecular flexibility index (Phi) is 3.26. The van der Waals surface area contributed by atoms with Crippen LogP contribution < -0.4 is 10.4 Å². The maximum atomic E-state index is 11.7.